The van der Waals surface area contributed by atoms with Crippen LogP contribution in [0.25, 0.3) is 5.57 Å². The van der Waals surface area contributed by atoms with Crippen LogP contribution < -0.4 is 4.74 Å². The van der Waals surface area contributed by atoms with Gasteiger partial charge >= 0.3 is 0 Å². The molecule has 0 N–H and O–H groups in total. The van der Waals surface area contributed by atoms with Gasteiger partial charge in [0.25, 0.3) is 0 Å². The molecule has 0 bridgehead atoms. The Balaban J connectivity index is 1.70. The van der Waals surface area contributed by atoms with Crippen LogP contribution in [0.15, 0.2) is 65.7 Å². The predicted molar refractivity (Wildman–Crippen MR) is 83.2 cm³/mol. The molecule has 0 aliphatic carbocycles. The van der Waals surface area contributed by atoms with Crippen LogP contribution in [0.4, 0.5) is 0 Å². The van der Waals surface area contributed by atoms with Crippen molar-refractivity contribution in [3.05, 3.63) is 71.8 Å². The SMILES string of the molecule is C1=NCC=C(c2cccc(OCc3ccccc3)c2)C1. The summed E-state index contributed by atoms with van der Waals surface area (Å²) in [5, 5.41) is 0. The van der Waals surface area contributed by atoms with Crippen molar-refractivity contribution in [1.29, 1.82) is 0 Å². The van der Waals surface area contributed by atoms with E-state index in [9.17, 15) is 0 Å². The number of allylic oxidation sites excluding steroid dienone is 1. The molecule has 0 aromatic heterocycles. The van der Waals surface area contributed by atoms with Gasteiger partial charge in [-0.2, -0.15) is 0 Å². The molecule has 0 radical (unpaired) electrons. The van der Waals surface area contributed by atoms with Crippen LogP contribution in [-0.2, 0) is 6.61 Å². The van der Waals surface area contributed by atoms with Gasteiger partial charge in [0.1, 0.15) is 12.4 Å². The van der Waals surface area contributed by atoms with Gasteiger partial charge in [-0.15, -0.1) is 0 Å². The molecule has 2 aromatic carbocycles. The Bertz CT molecular complexity index is 629. The lowest BCUT2D eigenvalue weighted by molar-refractivity contribution is 0.306. The Morgan fingerprint density at radius 2 is 1.90 bits per heavy atom. The van der Waals surface area contributed by atoms with Gasteiger partial charge in [-0.25, -0.2) is 0 Å². The standard InChI is InChI=1S/C18H17NO/c1-2-5-15(6-3-1)14-20-18-8-4-7-17(13-18)16-9-11-19-12-10-16/h1-9,12-13H,10-11,14H2. The summed E-state index contributed by atoms with van der Waals surface area (Å²) in [6.45, 7) is 1.38. The van der Waals surface area contributed by atoms with Crippen LogP contribution in [0.5, 0.6) is 5.75 Å². The first-order valence-corrected chi connectivity index (χ1v) is 6.86. The highest BCUT2D eigenvalue weighted by Crippen LogP contribution is 2.24. The first kappa shape index (κ1) is 12.7. The van der Waals surface area contributed by atoms with E-state index in [1.807, 2.05) is 36.5 Å². The third-order valence-corrected chi connectivity index (χ3v) is 3.34. The van der Waals surface area contributed by atoms with Crippen LogP contribution in [-0.4, -0.2) is 12.8 Å². The minimum Gasteiger partial charge on any atom is -0.489 e. The summed E-state index contributed by atoms with van der Waals surface area (Å²) >= 11 is 0. The van der Waals surface area contributed by atoms with Crippen LogP contribution in [0.3, 0.4) is 0 Å². The van der Waals surface area contributed by atoms with Crippen LogP contribution in [0, 0.1) is 0 Å². The largest absolute Gasteiger partial charge is 0.489 e. The minimum atomic E-state index is 0.602. The Labute approximate surface area is 119 Å². The van der Waals surface area contributed by atoms with E-state index in [1.165, 1.54) is 16.7 Å². The van der Waals surface area contributed by atoms with E-state index in [0.29, 0.717) is 6.61 Å². The second kappa shape index (κ2) is 6.20. The molecule has 0 atom stereocenters. The number of benzene rings is 2. The van der Waals surface area contributed by atoms with E-state index < -0.39 is 0 Å². The third kappa shape index (κ3) is 3.15. The second-order valence-electron chi connectivity index (χ2n) is 4.78. The van der Waals surface area contributed by atoms with Crippen molar-refractivity contribution in [2.24, 2.45) is 4.99 Å². The molecule has 100 valence electrons. The number of hydrogen-bond acceptors (Lipinski definition) is 2. The van der Waals surface area contributed by atoms with Gasteiger partial charge in [-0.1, -0.05) is 48.5 Å². The number of rotatable bonds is 4. The maximum absolute atomic E-state index is 5.86. The van der Waals surface area contributed by atoms with E-state index in [1.54, 1.807) is 0 Å². The Morgan fingerprint density at radius 3 is 2.70 bits per heavy atom. The Hall–Kier alpha value is -2.35. The average molecular weight is 263 g/mol. The lowest BCUT2D eigenvalue weighted by Crippen LogP contribution is -1.97. The second-order valence-corrected chi connectivity index (χ2v) is 4.78. The topological polar surface area (TPSA) is 21.6 Å². The van der Waals surface area contributed by atoms with E-state index in [2.05, 4.69) is 35.3 Å². The lowest BCUT2D eigenvalue weighted by atomic mass is 10.0. The van der Waals surface area contributed by atoms with Gasteiger partial charge in [0.2, 0.25) is 0 Å². The molecule has 1 aliphatic rings. The molecule has 1 heterocycles. The van der Waals surface area contributed by atoms with E-state index in [4.69, 9.17) is 4.74 Å². The summed E-state index contributed by atoms with van der Waals surface area (Å²) in [4.78, 5) is 4.22. The van der Waals surface area contributed by atoms with Crippen molar-refractivity contribution in [2.75, 3.05) is 6.54 Å². The number of nitrogens with zero attached hydrogens (tertiary/aromatic N) is 1. The van der Waals surface area contributed by atoms with Gasteiger partial charge in [0.15, 0.2) is 0 Å². The Morgan fingerprint density at radius 1 is 1.00 bits per heavy atom. The van der Waals surface area contributed by atoms with Crippen LogP contribution >= 0.6 is 0 Å². The van der Waals surface area contributed by atoms with Crippen molar-refractivity contribution in [1.82, 2.24) is 0 Å². The fraction of sp³-hybridized carbons (Fsp3) is 0.167. The summed E-state index contributed by atoms with van der Waals surface area (Å²) in [5.41, 5.74) is 3.73. The smallest absolute Gasteiger partial charge is 0.120 e. The monoisotopic (exact) mass is 263 g/mol. The first-order valence-electron chi connectivity index (χ1n) is 6.86. The lowest BCUT2D eigenvalue weighted by Gasteiger charge is -2.11. The number of hydrogen-bond donors (Lipinski definition) is 0. The molecule has 20 heavy (non-hydrogen) atoms. The van der Waals surface area contributed by atoms with Gasteiger partial charge in [0, 0.05) is 12.6 Å². The number of dihydropyridines is 1. The molecule has 0 saturated heterocycles. The highest BCUT2D eigenvalue weighted by molar-refractivity contribution is 5.81. The molecule has 1 aliphatic heterocycles. The molecule has 2 heteroatoms. The quantitative estimate of drug-likeness (QED) is 0.813. The fourth-order valence-electron chi connectivity index (χ4n) is 2.25. The maximum atomic E-state index is 5.86. The third-order valence-electron chi connectivity index (χ3n) is 3.34. The van der Waals surface area contributed by atoms with E-state index in [0.717, 1.165) is 18.7 Å². The van der Waals surface area contributed by atoms with Crippen molar-refractivity contribution in [2.45, 2.75) is 13.0 Å². The van der Waals surface area contributed by atoms with E-state index >= 15 is 0 Å². The van der Waals surface area contributed by atoms with Crippen LogP contribution in [0.2, 0.25) is 0 Å². The first-order chi connectivity index (χ1) is 9.92. The molecule has 0 unspecified atom stereocenters. The summed E-state index contributed by atoms with van der Waals surface area (Å²) < 4.78 is 5.86. The normalized spacial score (nSPS) is 13.9. The summed E-state index contributed by atoms with van der Waals surface area (Å²) in [5.74, 6) is 0.912. The molecule has 2 nitrogen and oxygen atoms in total. The molecule has 2 aromatic rings. The molecule has 3 rings (SSSR count). The molecular weight excluding hydrogens is 246 g/mol. The van der Waals surface area contributed by atoms with Crippen molar-refractivity contribution < 1.29 is 4.74 Å². The average Bonchev–Trinajstić information content (AvgIpc) is 2.55. The van der Waals surface area contributed by atoms with Crippen molar-refractivity contribution >= 4 is 11.8 Å². The molecule has 0 saturated carbocycles. The fourth-order valence-corrected chi connectivity index (χ4v) is 2.25. The molecule has 0 spiro atoms. The van der Waals surface area contributed by atoms with Gasteiger partial charge in [-0.05, 0) is 28.8 Å². The molecular formula is C18H17NO. The van der Waals surface area contributed by atoms with Crippen molar-refractivity contribution in [3.8, 4) is 5.75 Å². The minimum absolute atomic E-state index is 0.602. The zero-order valence-corrected chi connectivity index (χ0v) is 11.3. The number of ether oxygens (including phenoxy) is 1. The summed E-state index contributed by atoms with van der Waals surface area (Å²) in [6, 6.07) is 18.5. The zero-order valence-electron chi connectivity index (χ0n) is 11.3. The van der Waals surface area contributed by atoms with Gasteiger partial charge in [0.05, 0.1) is 6.54 Å². The summed E-state index contributed by atoms with van der Waals surface area (Å²) in [7, 11) is 0. The zero-order chi connectivity index (χ0) is 13.6. The highest BCUT2D eigenvalue weighted by atomic mass is 16.5. The van der Waals surface area contributed by atoms with E-state index in [-0.39, 0.29) is 0 Å². The number of aliphatic imine (C=N–C) groups is 1. The predicted octanol–water partition coefficient (Wildman–Crippen LogP) is 4.12. The van der Waals surface area contributed by atoms with Gasteiger partial charge in [-0.3, -0.25) is 4.99 Å². The van der Waals surface area contributed by atoms with Crippen molar-refractivity contribution in [3.63, 3.8) is 0 Å². The Kier molecular flexibility index (Phi) is 3.93. The molecule has 0 amide bonds. The van der Waals surface area contributed by atoms with Crippen LogP contribution in [0.1, 0.15) is 17.5 Å². The highest BCUT2D eigenvalue weighted by Gasteiger charge is 2.04. The maximum Gasteiger partial charge on any atom is 0.120 e. The van der Waals surface area contributed by atoms with Gasteiger partial charge < -0.3 is 4.74 Å². The summed E-state index contributed by atoms with van der Waals surface area (Å²) in [6.07, 6.45) is 5.06. The molecule has 0 fully saturated rings.